The second-order valence-electron chi connectivity index (χ2n) is 14.6. The maximum Gasteiger partial charge on any atom is 0.180 e. The summed E-state index contributed by atoms with van der Waals surface area (Å²) < 4.78 is 11.5. The highest BCUT2D eigenvalue weighted by Gasteiger charge is 2.22. The summed E-state index contributed by atoms with van der Waals surface area (Å²) in [6.07, 6.45) is 0. The maximum atomic E-state index is 6.79. The third kappa shape index (κ3) is 4.89. The first-order valence-electron chi connectivity index (χ1n) is 19.2. The van der Waals surface area contributed by atoms with Crippen LogP contribution in [-0.4, -0.2) is 19.1 Å². The molecule has 57 heavy (non-hydrogen) atoms. The molecule has 0 aliphatic rings. The lowest BCUT2D eigenvalue weighted by Gasteiger charge is -2.09. The zero-order valence-electron chi connectivity index (χ0n) is 30.7. The molecule has 12 rings (SSSR count). The molecule has 0 spiro atoms. The normalized spacial score (nSPS) is 11.9. The smallest absolute Gasteiger partial charge is 0.180 e. The van der Waals surface area contributed by atoms with E-state index in [1.807, 2.05) is 36.4 Å². The van der Waals surface area contributed by atoms with Crippen LogP contribution in [-0.2, 0) is 0 Å². The van der Waals surface area contributed by atoms with Crippen LogP contribution in [0.15, 0.2) is 199 Å². The zero-order chi connectivity index (χ0) is 37.5. The molecule has 0 amide bonds. The van der Waals surface area contributed by atoms with Crippen LogP contribution in [0.3, 0.4) is 0 Å². The van der Waals surface area contributed by atoms with Crippen LogP contribution in [0.1, 0.15) is 0 Å². The van der Waals surface area contributed by atoms with Gasteiger partial charge in [0.05, 0.1) is 22.1 Å². The molecule has 0 fully saturated rings. The highest BCUT2D eigenvalue weighted by molar-refractivity contribution is 6.18. The van der Waals surface area contributed by atoms with Gasteiger partial charge in [-0.2, -0.15) is 0 Å². The standard InChI is InChI=1S/C52H32N4O/c1-5-15-33(16-6-1)49-51-50(54-52(53-49)34-17-7-2-8-18-34)43-31-42-41-30-36(26-28-46(41)56(38-21-11-4-12-22-38)47(42)32-48(43)57-51)35-25-27-45-40(29-35)39-23-13-14-24-44(39)55(45)37-19-9-3-10-20-37/h1-32H. The molecule has 0 saturated carbocycles. The Labute approximate surface area is 327 Å². The number of fused-ring (bicyclic) bond motifs is 9. The van der Waals surface area contributed by atoms with Gasteiger partial charge in [0.15, 0.2) is 11.4 Å². The fourth-order valence-corrected chi connectivity index (χ4v) is 8.71. The van der Waals surface area contributed by atoms with Crippen molar-refractivity contribution in [2.24, 2.45) is 0 Å². The molecule has 0 radical (unpaired) electrons. The Hall–Kier alpha value is -7.76. The van der Waals surface area contributed by atoms with Crippen LogP contribution in [0.2, 0.25) is 0 Å². The van der Waals surface area contributed by atoms with Gasteiger partial charge in [-0.15, -0.1) is 0 Å². The topological polar surface area (TPSA) is 48.8 Å². The van der Waals surface area contributed by atoms with Crippen molar-refractivity contribution in [3.8, 4) is 45.1 Å². The number of hydrogen-bond acceptors (Lipinski definition) is 3. The Morgan fingerprint density at radius 3 is 1.51 bits per heavy atom. The van der Waals surface area contributed by atoms with E-state index in [1.165, 1.54) is 27.4 Å². The molecule has 0 bridgehead atoms. The van der Waals surface area contributed by atoms with Gasteiger partial charge < -0.3 is 13.6 Å². The monoisotopic (exact) mass is 728 g/mol. The highest BCUT2D eigenvalue weighted by atomic mass is 16.3. The van der Waals surface area contributed by atoms with E-state index in [0.29, 0.717) is 11.4 Å². The van der Waals surface area contributed by atoms with Crippen molar-refractivity contribution in [2.45, 2.75) is 0 Å². The lowest BCUT2D eigenvalue weighted by atomic mass is 10.00. The van der Waals surface area contributed by atoms with Crippen molar-refractivity contribution < 1.29 is 4.42 Å². The van der Waals surface area contributed by atoms with Crippen molar-refractivity contribution >= 4 is 65.7 Å². The van der Waals surface area contributed by atoms with Crippen LogP contribution in [0.25, 0.3) is 111 Å². The second kappa shape index (κ2) is 12.4. The molecule has 0 aliphatic carbocycles. The lowest BCUT2D eigenvalue weighted by molar-refractivity contribution is 0.667. The van der Waals surface area contributed by atoms with Crippen LogP contribution in [0, 0.1) is 0 Å². The molecule has 0 unspecified atom stereocenters. The van der Waals surface area contributed by atoms with Crippen molar-refractivity contribution in [3.63, 3.8) is 0 Å². The molecule has 5 heteroatoms. The van der Waals surface area contributed by atoms with Gasteiger partial charge >= 0.3 is 0 Å². The minimum atomic E-state index is 0.669. The molecule has 8 aromatic carbocycles. The number of hydrogen-bond donors (Lipinski definition) is 0. The Morgan fingerprint density at radius 1 is 0.351 bits per heavy atom. The van der Waals surface area contributed by atoms with E-state index in [4.69, 9.17) is 14.4 Å². The molecule has 0 aliphatic heterocycles. The number of rotatable bonds is 5. The van der Waals surface area contributed by atoms with Crippen LogP contribution >= 0.6 is 0 Å². The summed E-state index contributed by atoms with van der Waals surface area (Å²) in [6.45, 7) is 0. The van der Waals surface area contributed by atoms with E-state index >= 15 is 0 Å². The summed E-state index contributed by atoms with van der Waals surface area (Å²) in [5, 5.41) is 5.72. The van der Waals surface area contributed by atoms with E-state index in [0.717, 1.165) is 72.1 Å². The minimum Gasteiger partial charge on any atom is -0.452 e. The van der Waals surface area contributed by atoms with Gasteiger partial charge in [-0.3, -0.25) is 0 Å². The van der Waals surface area contributed by atoms with Crippen molar-refractivity contribution in [2.75, 3.05) is 0 Å². The molecule has 4 aromatic heterocycles. The average Bonchev–Trinajstić information content (AvgIpc) is 3.93. The molecule has 5 nitrogen and oxygen atoms in total. The zero-order valence-corrected chi connectivity index (χ0v) is 30.7. The van der Waals surface area contributed by atoms with E-state index in [-0.39, 0.29) is 0 Å². The predicted molar refractivity (Wildman–Crippen MR) is 234 cm³/mol. The number of aromatic nitrogens is 4. The van der Waals surface area contributed by atoms with Crippen molar-refractivity contribution in [1.82, 2.24) is 19.1 Å². The molecule has 0 saturated heterocycles. The number of furan rings is 1. The van der Waals surface area contributed by atoms with Gasteiger partial charge in [-0.1, -0.05) is 127 Å². The molecule has 0 N–H and O–H groups in total. The lowest BCUT2D eigenvalue weighted by Crippen LogP contribution is -1.93. The quantitative estimate of drug-likeness (QED) is 0.177. The Kier molecular flexibility index (Phi) is 6.86. The predicted octanol–water partition coefficient (Wildman–Crippen LogP) is 13.6. The first-order chi connectivity index (χ1) is 28.3. The molecule has 12 aromatic rings. The summed E-state index contributed by atoms with van der Waals surface area (Å²) >= 11 is 0. The van der Waals surface area contributed by atoms with Crippen LogP contribution in [0.4, 0.5) is 0 Å². The molecule has 0 atom stereocenters. The summed E-state index contributed by atoms with van der Waals surface area (Å²) in [6, 6.07) is 68.5. The maximum absolute atomic E-state index is 6.79. The van der Waals surface area contributed by atoms with E-state index in [9.17, 15) is 0 Å². The number of benzene rings is 8. The van der Waals surface area contributed by atoms with Crippen molar-refractivity contribution in [3.05, 3.63) is 194 Å². The van der Waals surface area contributed by atoms with Gasteiger partial charge in [0.1, 0.15) is 16.8 Å². The van der Waals surface area contributed by atoms with E-state index in [1.54, 1.807) is 0 Å². The van der Waals surface area contributed by atoms with Crippen LogP contribution < -0.4 is 0 Å². The molecule has 266 valence electrons. The third-order valence-electron chi connectivity index (χ3n) is 11.3. The molecule has 4 heterocycles. The summed E-state index contributed by atoms with van der Waals surface area (Å²) in [4.78, 5) is 10.3. The molecular weight excluding hydrogens is 697 g/mol. The number of nitrogens with zero attached hydrogens (tertiary/aromatic N) is 4. The second-order valence-corrected chi connectivity index (χ2v) is 14.6. The van der Waals surface area contributed by atoms with Gasteiger partial charge in [-0.05, 0) is 71.8 Å². The fourth-order valence-electron chi connectivity index (χ4n) is 8.71. The molecular formula is C52H32N4O. The first-order valence-corrected chi connectivity index (χ1v) is 19.2. The van der Waals surface area contributed by atoms with Gasteiger partial charge in [-0.25, -0.2) is 9.97 Å². The Bertz CT molecular complexity index is 3490. The van der Waals surface area contributed by atoms with Gasteiger partial charge in [0, 0.05) is 55.5 Å². The van der Waals surface area contributed by atoms with E-state index in [2.05, 4.69) is 167 Å². The SMILES string of the molecule is c1ccc(-c2nc(-c3ccccc3)c3oc4cc5c(cc4c3n2)c2cc(-c3ccc4c(c3)c3ccccc3n4-c3ccccc3)ccc2n5-c2ccccc2)cc1. The first kappa shape index (κ1) is 31.6. The van der Waals surface area contributed by atoms with Gasteiger partial charge in [0.2, 0.25) is 0 Å². The Balaban J connectivity index is 1.12. The van der Waals surface area contributed by atoms with Gasteiger partial charge in [0.25, 0.3) is 0 Å². The Morgan fingerprint density at radius 2 is 0.860 bits per heavy atom. The fraction of sp³-hybridized carbons (Fsp3) is 0. The average molecular weight is 729 g/mol. The summed E-state index contributed by atoms with van der Waals surface area (Å²) in [5.41, 5.74) is 14.1. The highest BCUT2D eigenvalue weighted by Crippen LogP contribution is 2.42. The summed E-state index contributed by atoms with van der Waals surface area (Å²) in [7, 11) is 0. The number of para-hydroxylation sites is 3. The minimum absolute atomic E-state index is 0.669. The van der Waals surface area contributed by atoms with E-state index < -0.39 is 0 Å². The largest absolute Gasteiger partial charge is 0.452 e. The third-order valence-corrected chi connectivity index (χ3v) is 11.3. The summed E-state index contributed by atoms with van der Waals surface area (Å²) in [5.74, 6) is 0.669. The van der Waals surface area contributed by atoms with Crippen LogP contribution in [0.5, 0.6) is 0 Å². The van der Waals surface area contributed by atoms with Crippen molar-refractivity contribution in [1.29, 1.82) is 0 Å².